The molecule has 2 amide bonds. The fourth-order valence-electron chi connectivity index (χ4n) is 3.98. The number of hydrogen-bond donors (Lipinski definition) is 1. The molecule has 9 heteroatoms. The van der Waals surface area contributed by atoms with E-state index < -0.39 is 29.2 Å². The molecule has 0 bridgehead atoms. The summed E-state index contributed by atoms with van der Waals surface area (Å²) >= 11 is 0. The average molecular weight is 442 g/mol. The van der Waals surface area contributed by atoms with Crippen molar-refractivity contribution in [3.63, 3.8) is 0 Å². The molecule has 1 aliphatic rings. The maximum atomic E-state index is 13.7. The van der Waals surface area contributed by atoms with Crippen LogP contribution in [0.3, 0.4) is 0 Å². The van der Waals surface area contributed by atoms with Gasteiger partial charge in [0.1, 0.15) is 0 Å². The van der Waals surface area contributed by atoms with E-state index in [1.165, 1.54) is 28.0 Å². The van der Waals surface area contributed by atoms with Crippen molar-refractivity contribution >= 4 is 17.5 Å². The van der Waals surface area contributed by atoms with E-state index in [4.69, 9.17) is 0 Å². The Morgan fingerprint density at radius 3 is 2.62 bits per heavy atom. The molecule has 1 aliphatic heterocycles. The summed E-state index contributed by atoms with van der Waals surface area (Å²) in [6.07, 6.45) is -0.371. The third kappa shape index (κ3) is 4.37. The van der Waals surface area contributed by atoms with Gasteiger partial charge in [0.05, 0.1) is 23.0 Å². The van der Waals surface area contributed by atoms with Crippen LogP contribution < -0.4 is 5.32 Å². The van der Waals surface area contributed by atoms with Gasteiger partial charge in [-0.3, -0.25) is 9.59 Å². The molecule has 1 atom stereocenters. The smallest absolute Gasteiger partial charge is 0.327 e. The van der Waals surface area contributed by atoms with Gasteiger partial charge in [0.2, 0.25) is 0 Å². The molecule has 1 saturated heterocycles. The van der Waals surface area contributed by atoms with Crippen molar-refractivity contribution in [1.29, 1.82) is 0 Å². The van der Waals surface area contributed by atoms with Crippen LogP contribution in [0.2, 0.25) is 0 Å². The molecule has 1 N–H and O–H groups in total. The van der Waals surface area contributed by atoms with Gasteiger partial charge >= 0.3 is 18.0 Å². The third-order valence-electron chi connectivity index (χ3n) is 5.46. The lowest BCUT2D eigenvalue weighted by molar-refractivity contribution is -0.144. The highest BCUT2D eigenvalue weighted by molar-refractivity contribution is 6.39. The fraction of sp³-hybridized carbons (Fsp3) is 0.261. The van der Waals surface area contributed by atoms with Crippen LogP contribution in [0.5, 0.6) is 0 Å². The number of carbonyl (C=O) groups is 2. The van der Waals surface area contributed by atoms with Crippen LogP contribution in [0.15, 0.2) is 60.9 Å². The Balaban J connectivity index is 1.57. The molecular formula is C23H21F3N4O2. The Labute approximate surface area is 182 Å². The highest BCUT2D eigenvalue weighted by atomic mass is 19.4. The second kappa shape index (κ2) is 8.49. The van der Waals surface area contributed by atoms with Gasteiger partial charge in [-0.05, 0) is 49.6 Å². The maximum Gasteiger partial charge on any atom is 0.418 e. The first-order chi connectivity index (χ1) is 15.2. The van der Waals surface area contributed by atoms with Crippen LogP contribution in [0.4, 0.5) is 18.9 Å². The van der Waals surface area contributed by atoms with E-state index in [0.717, 1.165) is 23.3 Å². The summed E-state index contributed by atoms with van der Waals surface area (Å²) in [5.41, 5.74) is 0.591. The number of amides is 2. The number of benzene rings is 2. The van der Waals surface area contributed by atoms with Gasteiger partial charge in [-0.2, -0.15) is 18.3 Å². The number of aryl methyl sites for hydroxylation is 1. The SMILES string of the molecule is Cc1cccc([C@H]2CCCN2C(=O)C(=O)Nc2ccc(-n3cccn3)cc2C(F)(F)F)c1. The van der Waals surface area contributed by atoms with E-state index in [-0.39, 0.29) is 11.7 Å². The normalized spacial score (nSPS) is 16.2. The predicted octanol–water partition coefficient (Wildman–Crippen LogP) is 4.50. The second-order valence-corrected chi connectivity index (χ2v) is 7.70. The fourth-order valence-corrected chi connectivity index (χ4v) is 3.98. The number of hydrogen-bond acceptors (Lipinski definition) is 3. The van der Waals surface area contributed by atoms with E-state index in [1.54, 1.807) is 6.07 Å². The van der Waals surface area contributed by atoms with E-state index in [0.29, 0.717) is 19.4 Å². The van der Waals surface area contributed by atoms with Crippen molar-refractivity contribution in [2.75, 3.05) is 11.9 Å². The largest absolute Gasteiger partial charge is 0.418 e. The molecule has 1 aromatic heterocycles. The van der Waals surface area contributed by atoms with Crippen molar-refractivity contribution in [1.82, 2.24) is 14.7 Å². The number of carbonyl (C=O) groups excluding carboxylic acids is 2. The standard InChI is InChI=1S/C23H21F3N4O2/c1-15-5-2-6-16(13-15)20-7-3-11-29(20)22(32)21(31)28-19-9-8-17(30-12-4-10-27-30)14-18(19)23(24,25)26/h2,4-6,8-10,12-14,20H,3,7,11H2,1H3,(H,28,31)/t20-/m1/s1. The van der Waals surface area contributed by atoms with Crippen molar-refractivity contribution < 1.29 is 22.8 Å². The Bertz CT molecular complexity index is 1140. The molecule has 1 fully saturated rings. The van der Waals surface area contributed by atoms with Crippen molar-refractivity contribution in [3.05, 3.63) is 77.6 Å². The molecule has 0 aliphatic carbocycles. The first-order valence-electron chi connectivity index (χ1n) is 10.1. The van der Waals surface area contributed by atoms with E-state index in [1.807, 2.05) is 31.2 Å². The van der Waals surface area contributed by atoms with Gasteiger partial charge in [-0.25, -0.2) is 4.68 Å². The average Bonchev–Trinajstić information content (AvgIpc) is 3.45. The number of rotatable bonds is 3. The number of likely N-dealkylation sites (tertiary alicyclic amines) is 1. The Kier molecular flexibility index (Phi) is 5.73. The molecule has 4 rings (SSSR count). The molecule has 0 radical (unpaired) electrons. The summed E-state index contributed by atoms with van der Waals surface area (Å²) in [6.45, 7) is 2.30. The molecular weight excluding hydrogens is 421 g/mol. The van der Waals surface area contributed by atoms with Gasteiger partial charge < -0.3 is 10.2 Å². The molecule has 32 heavy (non-hydrogen) atoms. The molecule has 0 unspecified atom stereocenters. The predicted molar refractivity (Wildman–Crippen MR) is 112 cm³/mol. The number of alkyl halides is 3. The Hall–Kier alpha value is -3.62. The Morgan fingerprint density at radius 1 is 1.12 bits per heavy atom. The minimum Gasteiger partial charge on any atom is -0.327 e. The van der Waals surface area contributed by atoms with Gasteiger partial charge in [0.25, 0.3) is 0 Å². The summed E-state index contributed by atoms with van der Waals surface area (Å²) in [5.74, 6) is -1.94. The van der Waals surface area contributed by atoms with Crippen LogP contribution in [0.1, 0.15) is 35.6 Å². The van der Waals surface area contributed by atoms with Crippen molar-refractivity contribution in [2.45, 2.75) is 32.0 Å². The monoisotopic (exact) mass is 442 g/mol. The topological polar surface area (TPSA) is 67.2 Å². The second-order valence-electron chi connectivity index (χ2n) is 7.70. The molecule has 2 aromatic carbocycles. The number of nitrogens with zero attached hydrogens (tertiary/aromatic N) is 3. The third-order valence-corrected chi connectivity index (χ3v) is 5.46. The summed E-state index contributed by atoms with van der Waals surface area (Å²) in [5, 5.41) is 6.10. The molecule has 6 nitrogen and oxygen atoms in total. The summed E-state index contributed by atoms with van der Waals surface area (Å²) in [4.78, 5) is 26.9. The summed E-state index contributed by atoms with van der Waals surface area (Å²) in [6, 6.07) is 12.4. The van der Waals surface area contributed by atoms with Crippen LogP contribution in [-0.2, 0) is 15.8 Å². The van der Waals surface area contributed by atoms with Crippen molar-refractivity contribution in [2.24, 2.45) is 0 Å². The van der Waals surface area contributed by atoms with E-state index in [2.05, 4.69) is 10.4 Å². The Morgan fingerprint density at radius 2 is 1.94 bits per heavy atom. The zero-order valence-electron chi connectivity index (χ0n) is 17.3. The first-order valence-corrected chi connectivity index (χ1v) is 10.1. The number of halogens is 3. The summed E-state index contributed by atoms with van der Waals surface area (Å²) in [7, 11) is 0. The minimum atomic E-state index is -4.73. The lowest BCUT2D eigenvalue weighted by Gasteiger charge is -2.25. The van der Waals surface area contributed by atoms with Crippen LogP contribution in [0.25, 0.3) is 5.69 Å². The van der Waals surface area contributed by atoms with Gasteiger partial charge in [-0.1, -0.05) is 29.8 Å². The molecule has 0 spiro atoms. The lowest BCUT2D eigenvalue weighted by atomic mass is 10.0. The summed E-state index contributed by atoms with van der Waals surface area (Å²) < 4.78 is 42.3. The molecule has 0 saturated carbocycles. The number of anilines is 1. The quantitative estimate of drug-likeness (QED) is 0.608. The van der Waals surface area contributed by atoms with E-state index in [9.17, 15) is 22.8 Å². The van der Waals surface area contributed by atoms with Gasteiger partial charge in [0.15, 0.2) is 0 Å². The number of nitrogens with one attached hydrogen (secondary N) is 1. The lowest BCUT2D eigenvalue weighted by Crippen LogP contribution is -2.39. The van der Waals surface area contributed by atoms with Gasteiger partial charge in [-0.15, -0.1) is 0 Å². The van der Waals surface area contributed by atoms with Crippen LogP contribution >= 0.6 is 0 Å². The van der Waals surface area contributed by atoms with Crippen LogP contribution in [-0.4, -0.2) is 33.0 Å². The van der Waals surface area contributed by atoms with Crippen LogP contribution in [0, 0.1) is 6.92 Å². The molecule has 166 valence electrons. The van der Waals surface area contributed by atoms with Crippen molar-refractivity contribution in [3.8, 4) is 5.69 Å². The molecule has 3 aromatic rings. The van der Waals surface area contributed by atoms with Gasteiger partial charge in [0, 0.05) is 18.9 Å². The zero-order valence-corrected chi connectivity index (χ0v) is 17.3. The van der Waals surface area contributed by atoms with E-state index >= 15 is 0 Å². The highest BCUT2D eigenvalue weighted by Gasteiger charge is 2.37. The minimum absolute atomic E-state index is 0.186. The highest BCUT2D eigenvalue weighted by Crippen LogP contribution is 2.37. The maximum absolute atomic E-state index is 13.7. The zero-order chi connectivity index (χ0) is 22.9. The molecule has 2 heterocycles. The number of aromatic nitrogens is 2. The first kappa shape index (κ1) is 21.6.